The summed E-state index contributed by atoms with van der Waals surface area (Å²) < 4.78 is 5.86. The molecule has 0 saturated carbocycles. The molecule has 1 aliphatic heterocycles. The lowest BCUT2D eigenvalue weighted by atomic mass is 9.97. The van der Waals surface area contributed by atoms with Gasteiger partial charge in [0, 0.05) is 18.8 Å². The van der Waals surface area contributed by atoms with Gasteiger partial charge in [-0.25, -0.2) is 4.98 Å². The number of piperidine rings is 1. The summed E-state index contributed by atoms with van der Waals surface area (Å²) in [5, 5.41) is 0. The van der Waals surface area contributed by atoms with Crippen molar-refractivity contribution >= 4 is 17.0 Å². The van der Waals surface area contributed by atoms with Gasteiger partial charge in [-0.3, -0.25) is 9.59 Å². The van der Waals surface area contributed by atoms with Crippen LogP contribution in [0, 0.1) is 6.92 Å². The minimum absolute atomic E-state index is 0.0506. The molecule has 3 heterocycles. The van der Waals surface area contributed by atoms with Gasteiger partial charge in [0.2, 0.25) is 0 Å². The number of aryl methyl sites for hydroxylation is 1. The Morgan fingerprint density at radius 1 is 1.28 bits per heavy atom. The van der Waals surface area contributed by atoms with Crippen LogP contribution < -0.4 is 5.56 Å². The molecule has 128 valence electrons. The van der Waals surface area contributed by atoms with Gasteiger partial charge in [0.15, 0.2) is 11.5 Å². The number of rotatable bonds is 2. The summed E-state index contributed by atoms with van der Waals surface area (Å²) in [4.78, 5) is 33.8. The van der Waals surface area contributed by atoms with Crippen LogP contribution in [-0.2, 0) is 0 Å². The van der Waals surface area contributed by atoms with Crippen LogP contribution in [0.1, 0.15) is 40.7 Å². The first-order chi connectivity index (χ1) is 12.1. The van der Waals surface area contributed by atoms with Crippen molar-refractivity contribution in [1.29, 1.82) is 0 Å². The van der Waals surface area contributed by atoms with E-state index in [-0.39, 0.29) is 22.9 Å². The monoisotopic (exact) mass is 337 g/mol. The molecule has 1 amide bonds. The molecule has 6 nitrogen and oxygen atoms in total. The molecule has 1 N–H and O–H groups in total. The fourth-order valence-corrected chi connectivity index (χ4v) is 3.34. The molecular weight excluding hydrogens is 318 g/mol. The Hall–Kier alpha value is -2.89. The van der Waals surface area contributed by atoms with Crippen molar-refractivity contribution in [3.63, 3.8) is 0 Å². The highest BCUT2D eigenvalue weighted by atomic mass is 16.3. The zero-order chi connectivity index (χ0) is 17.4. The summed E-state index contributed by atoms with van der Waals surface area (Å²) in [5.74, 6) is 0.480. The van der Waals surface area contributed by atoms with Crippen LogP contribution in [-0.4, -0.2) is 33.9 Å². The fourth-order valence-electron chi connectivity index (χ4n) is 3.34. The second-order valence-corrected chi connectivity index (χ2v) is 6.49. The Bertz CT molecular complexity index is 956. The van der Waals surface area contributed by atoms with E-state index in [9.17, 15) is 9.59 Å². The Labute approximate surface area is 144 Å². The molecule has 4 rings (SSSR count). The summed E-state index contributed by atoms with van der Waals surface area (Å²) in [7, 11) is 0. The number of benzene rings is 1. The van der Waals surface area contributed by atoms with Crippen LogP contribution in [0.25, 0.3) is 11.1 Å². The molecule has 0 spiro atoms. The molecule has 1 saturated heterocycles. The predicted octanol–water partition coefficient (Wildman–Crippen LogP) is 2.84. The third-order valence-electron chi connectivity index (χ3n) is 4.65. The summed E-state index contributed by atoms with van der Waals surface area (Å²) in [6.45, 7) is 2.95. The molecular formula is C19H19N3O3. The molecule has 25 heavy (non-hydrogen) atoms. The highest BCUT2D eigenvalue weighted by molar-refractivity contribution is 5.94. The van der Waals surface area contributed by atoms with Crippen LogP contribution in [0.5, 0.6) is 0 Å². The topological polar surface area (TPSA) is 79.2 Å². The van der Waals surface area contributed by atoms with E-state index >= 15 is 0 Å². The van der Waals surface area contributed by atoms with Crippen LogP contribution in [0.15, 0.2) is 45.6 Å². The highest BCUT2D eigenvalue weighted by Gasteiger charge is 2.29. The lowest BCUT2D eigenvalue weighted by molar-refractivity contribution is 0.0697. The molecule has 0 unspecified atom stereocenters. The third kappa shape index (κ3) is 2.95. The number of nitrogens with one attached hydrogen (secondary N) is 1. The van der Waals surface area contributed by atoms with Crippen molar-refractivity contribution in [2.75, 3.05) is 13.1 Å². The van der Waals surface area contributed by atoms with Gasteiger partial charge < -0.3 is 14.3 Å². The smallest absolute Gasteiger partial charge is 0.260 e. The second kappa shape index (κ2) is 6.20. The number of likely N-dealkylation sites (tertiary alicyclic amines) is 1. The van der Waals surface area contributed by atoms with Gasteiger partial charge in [-0.05, 0) is 44.0 Å². The zero-order valence-corrected chi connectivity index (χ0v) is 14.0. The van der Waals surface area contributed by atoms with E-state index in [2.05, 4.69) is 9.97 Å². The second-order valence-electron chi connectivity index (χ2n) is 6.49. The number of hydrogen-bond donors (Lipinski definition) is 1. The number of pyridine rings is 1. The van der Waals surface area contributed by atoms with Gasteiger partial charge in [0.25, 0.3) is 11.5 Å². The largest absolute Gasteiger partial charge is 0.440 e. The fraction of sp³-hybridized carbons (Fsp3) is 0.316. The lowest BCUT2D eigenvalue weighted by Crippen LogP contribution is -2.41. The first kappa shape index (κ1) is 15.6. The average Bonchev–Trinajstić information content (AvgIpc) is 3.05. The molecule has 1 fully saturated rings. The van der Waals surface area contributed by atoms with Gasteiger partial charge in [-0.15, -0.1) is 0 Å². The van der Waals surface area contributed by atoms with E-state index in [0.717, 1.165) is 29.6 Å². The Balaban J connectivity index is 1.58. The number of aromatic amines is 1. The molecule has 0 aliphatic carbocycles. The Morgan fingerprint density at radius 2 is 2.12 bits per heavy atom. The number of oxazole rings is 1. The predicted molar refractivity (Wildman–Crippen MR) is 93.7 cm³/mol. The number of hydrogen-bond acceptors (Lipinski definition) is 4. The third-order valence-corrected chi connectivity index (χ3v) is 4.65. The summed E-state index contributed by atoms with van der Waals surface area (Å²) in [6.07, 6.45) is 1.78. The van der Waals surface area contributed by atoms with E-state index in [4.69, 9.17) is 4.42 Å². The summed E-state index contributed by atoms with van der Waals surface area (Å²) in [5.41, 5.74) is 2.18. The maximum atomic E-state index is 12.7. The van der Waals surface area contributed by atoms with E-state index < -0.39 is 0 Å². The van der Waals surface area contributed by atoms with Gasteiger partial charge in [-0.1, -0.05) is 12.1 Å². The van der Waals surface area contributed by atoms with Crippen molar-refractivity contribution in [2.24, 2.45) is 0 Å². The average molecular weight is 337 g/mol. The van der Waals surface area contributed by atoms with Gasteiger partial charge in [0.05, 0.1) is 5.92 Å². The number of fused-ring (bicyclic) bond motifs is 1. The van der Waals surface area contributed by atoms with E-state index in [1.165, 1.54) is 0 Å². The molecule has 1 atom stereocenters. The number of para-hydroxylation sites is 2. The van der Waals surface area contributed by atoms with Gasteiger partial charge in [0.1, 0.15) is 11.1 Å². The minimum atomic E-state index is -0.339. The van der Waals surface area contributed by atoms with Crippen LogP contribution in [0.2, 0.25) is 0 Å². The molecule has 2 aromatic heterocycles. The van der Waals surface area contributed by atoms with Crippen molar-refractivity contribution in [1.82, 2.24) is 14.9 Å². The molecule has 3 aromatic rings. The number of nitrogens with zero attached hydrogens (tertiary/aromatic N) is 2. The van der Waals surface area contributed by atoms with Crippen LogP contribution >= 0.6 is 0 Å². The van der Waals surface area contributed by atoms with E-state index in [0.29, 0.717) is 19.0 Å². The summed E-state index contributed by atoms with van der Waals surface area (Å²) >= 11 is 0. The number of H-pyrrole nitrogens is 1. The SMILES string of the molecule is Cc1ccc(C(=O)N2CCC[C@H](c3nc4ccccc4o3)C2)c(=O)[nH]1. The van der Waals surface area contributed by atoms with Crippen molar-refractivity contribution in [3.8, 4) is 0 Å². The van der Waals surface area contributed by atoms with Crippen molar-refractivity contribution in [3.05, 3.63) is 63.9 Å². The standard InChI is InChI=1S/C19H19N3O3/c1-12-8-9-14(17(23)20-12)19(24)22-10-4-5-13(11-22)18-21-15-6-2-3-7-16(15)25-18/h2-3,6-9,13H,4-5,10-11H2,1H3,(H,20,23)/t13-/m0/s1. The Morgan fingerprint density at radius 3 is 2.92 bits per heavy atom. The normalized spacial score (nSPS) is 17.8. The maximum Gasteiger partial charge on any atom is 0.260 e. The molecule has 1 aliphatic rings. The minimum Gasteiger partial charge on any atom is -0.440 e. The van der Waals surface area contributed by atoms with Gasteiger partial charge >= 0.3 is 0 Å². The number of aromatic nitrogens is 2. The molecule has 6 heteroatoms. The van der Waals surface area contributed by atoms with Crippen LogP contribution in [0.3, 0.4) is 0 Å². The molecule has 1 aromatic carbocycles. The zero-order valence-electron chi connectivity index (χ0n) is 14.0. The maximum absolute atomic E-state index is 12.7. The number of amides is 1. The van der Waals surface area contributed by atoms with Crippen LogP contribution in [0.4, 0.5) is 0 Å². The first-order valence-electron chi connectivity index (χ1n) is 8.46. The quantitative estimate of drug-likeness (QED) is 0.780. The Kier molecular flexibility index (Phi) is 3.87. The molecule has 0 bridgehead atoms. The van der Waals surface area contributed by atoms with Crippen molar-refractivity contribution < 1.29 is 9.21 Å². The van der Waals surface area contributed by atoms with Gasteiger partial charge in [-0.2, -0.15) is 0 Å². The van der Waals surface area contributed by atoms with E-state index in [1.54, 1.807) is 24.0 Å². The van der Waals surface area contributed by atoms with Crippen molar-refractivity contribution in [2.45, 2.75) is 25.7 Å². The first-order valence-corrected chi connectivity index (χ1v) is 8.46. The van der Waals surface area contributed by atoms with E-state index in [1.807, 2.05) is 24.3 Å². The number of carbonyl (C=O) groups is 1. The number of carbonyl (C=O) groups excluding carboxylic acids is 1. The molecule has 0 radical (unpaired) electrons. The highest BCUT2D eigenvalue weighted by Crippen LogP contribution is 2.29. The summed E-state index contributed by atoms with van der Waals surface area (Å²) in [6, 6.07) is 11.0. The lowest BCUT2D eigenvalue weighted by Gasteiger charge is -2.31.